The van der Waals surface area contributed by atoms with Crippen LogP contribution in [0.1, 0.15) is 26.7 Å². The number of hydrogen-bond acceptors (Lipinski definition) is 2. The molecule has 1 aliphatic heterocycles. The fraction of sp³-hybridized carbons (Fsp3) is 0.900. The summed E-state index contributed by atoms with van der Waals surface area (Å²) in [7, 11) is 0. The zero-order chi connectivity index (χ0) is 11.6. The molecule has 0 spiro atoms. The molecule has 3 nitrogen and oxygen atoms in total. The summed E-state index contributed by atoms with van der Waals surface area (Å²) in [5.41, 5.74) is 0. The highest BCUT2D eigenvalue weighted by atomic mass is 19.3. The molecule has 1 fully saturated rings. The SMILES string of the molecule is C[C@@H](C(=O)O)N1CCC[C@H](C(C)(F)F)C1. The van der Waals surface area contributed by atoms with E-state index in [1.165, 1.54) is 0 Å². The van der Waals surface area contributed by atoms with Crippen molar-refractivity contribution < 1.29 is 18.7 Å². The molecule has 0 unspecified atom stereocenters. The van der Waals surface area contributed by atoms with Gasteiger partial charge in [0.05, 0.1) is 0 Å². The number of piperidine rings is 1. The first-order valence-corrected chi connectivity index (χ1v) is 5.17. The number of carboxylic acid groups (broad SMARTS) is 1. The summed E-state index contributed by atoms with van der Waals surface area (Å²) in [6.07, 6.45) is 1.12. The molecule has 0 amide bonds. The Balaban J connectivity index is 2.60. The van der Waals surface area contributed by atoms with Gasteiger partial charge in [0.25, 0.3) is 0 Å². The van der Waals surface area contributed by atoms with Crippen molar-refractivity contribution in [3.8, 4) is 0 Å². The lowest BCUT2D eigenvalue weighted by atomic mass is 9.92. The van der Waals surface area contributed by atoms with Crippen molar-refractivity contribution in [2.24, 2.45) is 5.92 Å². The molecular weight excluding hydrogens is 204 g/mol. The summed E-state index contributed by atoms with van der Waals surface area (Å²) in [5, 5.41) is 8.79. The smallest absolute Gasteiger partial charge is 0.320 e. The van der Waals surface area contributed by atoms with E-state index in [2.05, 4.69) is 0 Å². The number of rotatable bonds is 3. The lowest BCUT2D eigenvalue weighted by molar-refractivity contribution is -0.145. The third-order valence-corrected chi connectivity index (χ3v) is 3.07. The molecule has 0 aromatic heterocycles. The maximum Gasteiger partial charge on any atom is 0.320 e. The molecule has 1 N–H and O–H groups in total. The Bertz CT molecular complexity index is 240. The van der Waals surface area contributed by atoms with Gasteiger partial charge in [-0.25, -0.2) is 8.78 Å². The van der Waals surface area contributed by atoms with E-state index in [1.54, 1.807) is 11.8 Å². The third kappa shape index (κ3) is 3.12. The Hall–Kier alpha value is -0.710. The van der Waals surface area contributed by atoms with Gasteiger partial charge in [0.1, 0.15) is 6.04 Å². The van der Waals surface area contributed by atoms with Crippen LogP contribution in [0.2, 0.25) is 0 Å². The van der Waals surface area contributed by atoms with Crippen LogP contribution in [0.15, 0.2) is 0 Å². The van der Waals surface area contributed by atoms with Crippen LogP contribution >= 0.6 is 0 Å². The highest BCUT2D eigenvalue weighted by molar-refractivity contribution is 5.72. The quantitative estimate of drug-likeness (QED) is 0.790. The van der Waals surface area contributed by atoms with Crippen LogP contribution in [-0.4, -0.2) is 41.0 Å². The van der Waals surface area contributed by atoms with Crippen LogP contribution < -0.4 is 0 Å². The molecule has 1 saturated heterocycles. The standard InChI is InChI=1S/C10H17F2NO2/c1-7(9(14)15)13-5-3-4-8(6-13)10(2,11)12/h7-8H,3-6H2,1-2H3,(H,14,15)/t7-,8-/m0/s1. The van der Waals surface area contributed by atoms with Gasteiger partial charge < -0.3 is 5.11 Å². The molecule has 1 heterocycles. The molecule has 2 atom stereocenters. The van der Waals surface area contributed by atoms with Gasteiger partial charge >= 0.3 is 5.97 Å². The molecule has 88 valence electrons. The van der Waals surface area contributed by atoms with Crippen LogP contribution in [0.3, 0.4) is 0 Å². The number of likely N-dealkylation sites (tertiary alicyclic amines) is 1. The van der Waals surface area contributed by atoms with Crippen molar-refractivity contribution in [2.45, 2.75) is 38.7 Å². The minimum atomic E-state index is -2.71. The largest absolute Gasteiger partial charge is 0.480 e. The number of aliphatic carboxylic acids is 1. The fourth-order valence-corrected chi connectivity index (χ4v) is 1.93. The summed E-state index contributed by atoms with van der Waals surface area (Å²) < 4.78 is 26.1. The Morgan fingerprint density at radius 2 is 2.20 bits per heavy atom. The number of nitrogens with zero attached hydrogens (tertiary/aromatic N) is 1. The van der Waals surface area contributed by atoms with Gasteiger partial charge in [-0.15, -0.1) is 0 Å². The average Bonchev–Trinajstić information content (AvgIpc) is 2.15. The highest BCUT2D eigenvalue weighted by Crippen LogP contribution is 2.32. The number of carboxylic acids is 1. The minimum absolute atomic E-state index is 0.178. The lowest BCUT2D eigenvalue weighted by Crippen LogP contribution is -2.48. The topological polar surface area (TPSA) is 40.5 Å². The summed E-state index contributed by atoms with van der Waals surface area (Å²) in [6.45, 7) is 3.22. The first kappa shape index (κ1) is 12.4. The molecule has 1 rings (SSSR count). The van der Waals surface area contributed by atoms with E-state index in [-0.39, 0.29) is 6.54 Å². The maximum absolute atomic E-state index is 13.1. The van der Waals surface area contributed by atoms with Crippen molar-refractivity contribution in [1.29, 1.82) is 0 Å². The number of hydrogen-bond donors (Lipinski definition) is 1. The van der Waals surface area contributed by atoms with Crippen LogP contribution in [0.4, 0.5) is 8.78 Å². The van der Waals surface area contributed by atoms with E-state index < -0.39 is 23.9 Å². The normalized spacial score (nSPS) is 26.3. The van der Waals surface area contributed by atoms with Gasteiger partial charge in [-0.3, -0.25) is 9.69 Å². The minimum Gasteiger partial charge on any atom is -0.480 e. The fourth-order valence-electron chi connectivity index (χ4n) is 1.93. The zero-order valence-corrected chi connectivity index (χ0v) is 9.04. The first-order valence-electron chi connectivity index (χ1n) is 5.17. The predicted octanol–water partition coefficient (Wildman–Crippen LogP) is 1.83. The van der Waals surface area contributed by atoms with E-state index in [1.807, 2.05) is 0 Å². The molecule has 0 radical (unpaired) electrons. The molecule has 15 heavy (non-hydrogen) atoms. The molecule has 0 aliphatic carbocycles. The van der Waals surface area contributed by atoms with Gasteiger partial charge in [-0.05, 0) is 33.2 Å². The van der Waals surface area contributed by atoms with E-state index in [0.717, 1.165) is 6.92 Å². The monoisotopic (exact) mass is 221 g/mol. The second-order valence-corrected chi connectivity index (χ2v) is 4.30. The Kier molecular flexibility index (Phi) is 3.65. The summed E-state index contributed by atoms with van der Waals surface area (Å²) in [6, 6.07) is -0.671. The van der Waals surface area contributed by atoms with E-state index in [0.29, 0.717) is 19.4 Å². The van der Waals surface area contributed by atoms with Crippen LogP contribution in [0, 0.1) is 5.92 Å². The van der Waals surface area contributed by atoms with Crippen molar-refractivity contribution >= 4 is 5.97 Å². The number of alkyl halides is 2. The van der Waals surface area contributed by atoms with Gasteiger partial charge in [-0.2, -0.15) is 0 Å². The molecule has 0 saturated carbocycles. The zero-order valence-electron chi connectivity index (χ0n) is 9.04. The third-order valence-electron chi connectivity index (χ3n) is 3.07. The average molecular weight is 221 g/mol. The maximum atomic E-state index is 13.1. The van der Waals surface area contributed by atoms with Gasteiger partial charge in [0.15, 0.2) is 0 Å². The van der Waals surface area contributed by atoms with Gasteiger partial charge in [-0.1, -0.05) is 0 Å². The van der Waals surface area contributed by atoms with E-state index in [4.69, 9.17) is 5.11 Å². The first-order chi connectivity index (χ1) is 6.82. The van der Waals surface area contributed by atoms with Crippen LogP contribution in [-0.2, 0) is 4.79 Å². The van der Waals surface area contributed by atoms with Crippen molar-refractivity contribution in [2.75, 3.05) is 13.1 Å². The lowest BCUT2D eigenvalue weighted by Gasteiger charge is -2.37. The van der Waals surface area contributed by atoms with Crippen molar-refractivity contribution in [3.05, 3.63) is 0 Å². The van der Waals surface area contributed by atoms with E-state index >= 15 is 0 Å². The Labute approximate surface area is 88.1 Å². The Morgan fingerprint density at radius 3 is 2.67 bits per heavy atom. The highest BCUT2D eigenvalue weighted by Gasteiger charge is 2.38. The second-order valence-electron chi connectivity index (χ2n) is 4.30. The van der Waals surface area contributed by atoms with Crippen LogP contribution in [0.25, 0.3) is 0 Å². The molecule has 0 aromatic rings. The summed E-state index contributed by atoms with van der Waals surface area (Å²) >= 11 is 0. The number of carbonyl (C=O) groups is 1. The molecular formula is C10H17F2NO2. The summed E-state index contributed by atoms with van der Waals surface area (Å²) in [4.78, 5) is 12.3. The van der Waals surface area contributed by atoms with Gasteiger partial charge in [0.2, 0.25) is 5.92 Å². The van der Waals surface area contributed by atoms with E-state index in [9.17, 15) is 13.6 Å². The van der Waals surface area contributed by atoms with Crippen molar-refractivity contribution in [3.63, 3.8) is 0 Å². The van der Waals surface area contributed by atoms with Crippen molar-refractivity contribution in [1.82, 2.24) is 4.90 Å². The second kappa shape index (κ2) is 4.43. The van der Waals surface area contributed by atoms with Gasteiger partial charge in [0, 0.05) is 12.5 Å². The molecule has 1 aliphatic rings. The molecule has 0 bridgehead atoms. The Morgan fingerprint density at radius 1 is 1.60 bits per heavy atom. The summed E-state index contributed by atoms with van der Waals surface area (Å²) in [5.74, 6) is -4.38. The predicted molar refractivity (Wildman–Crippen MR) is 52.0 cm³/mol. The molecule has 5 heteroatoms. The number of halogens is 2. The molecule has 0 aromatic carbocycles. The van der Waals surface area contributed by atoms with Crippen LogP contribution in [0.5, 0.6) is 0 Å².